The van der Waals surface area contributed by atoms with Gasteiger partial charge in [0, 0.05) is 11.6 Å². The van der Waals surface area contributed by atoms with E-state index in [-0.39, 0.29) is 5.56 Å². The lowest BCUT2D eigenvalue weighted by molar-refractivity contribution is -0.394. The van der Waals surface area contributed by atoms with E-state index in [1.54, 1.807) is 0 Å². The summed E-state index contributed by atoms with van der Waals surface area (Å²) in [6, 6.07) is 1.80. The first-order valence-electron chi connectivity index (χ1n) is 3.56. The summed E-state index contributed by atoms with van der Waals surface area (Å²) >= 11 is 0. The van der Waals surface area contributed by atoms with Crippen molar-refractivity contribution >= 4 is 11.4 Å². The van der Waals surface area contributed by atoms with Crippen LogP contribution < -0.4 is 0 Å². The van der Waals surface area contributed by atoms with Crippen LogP contribution in [0.2, 0.25) is 0 Å². The Kier molecular flexibility index (Phi) is 2.32. The van der Waals surface area contributed by atoms with Crippen molar-refractivity contribution in [3.05, 3.63) is 37.9 Å². The minimum absolute atomic E-state index is 0.103. The van der Waals surface area contributed by atoms with Gasteiger partial charge in [-0.3, -0.25) is 20.2 Å². The topological polar surface area (TPSA) is 107 Å². The van der Waals surface area contributed by atoms with Crippen molar-refractivity contribution in [1.29, 1.82) is 0 Å². The molecule has 7 heteroatoms. The van der Waals surface area contributed by atoms with E-state index in [1.807, 2.05) is 0 Å². The van der Waals surface area contributed by atoms with Gasteiger partial charge >= 0.3 is 5.69 Å². The molecule has 0 bridgehead atoms. The van der Waals surface area contributed by atoms with Crippen molar-refractivity contribution < 1.29 is 15.0 Å². The number of nitro benzene ring substituents is 2. The van der Waals surface area contributed by atoms with E-state index in [0.29, 0.717) is 0 Å². The van der Waals surface area contributed by atoms with Crippen molar-refractivity contribution in [2.75, 3.05) is 0 Å². The van der Waals surface area contributed by atoms with Gasteiger partial charge in [0.25, 0.3) is 5.69 Å². The monoisotopic (exact) mass is 200 g/mol. The predicted molar refractivity (Wildman–Crippen MR) is 46.2 cm³/mol. The van der Waals surface area contributed by atoms with Crippen LogP contribution in [0.15, 0.2) is 12.1 Å². The molecule has 1 aromatic carbocycles. The SMILES string of the molecule is Cc1cc([15N+](=O)[O-])cc([15N+](=O)[O-])c1O. The zero-order valence-corrected chi connectivity index (χ0v) is 7.13. The van der Waals surface area contributed by atoms with E-state index in [4.69, 9.17) is 0 Å². The number of nitrogens with zero attached hydrogens (tertiary/aromatic N) is 2. The summed E-state index contributed by atoms with van der Waals surface area (Å²) in [5, 5.41) is 29.9. The molecule has 0 radical (unpaired) electrons. The van der Waals surface area contributed by atoms with Crippen LogP contribution in [0.1, 0.15) is 5.56 Å². The average molecular weight is 200 g/mol. The van der Waals surface area contributed by atoms with Crippen LogP contribution in [0.25, 0.3) is 0 Å². The molecule has 1 aromatic rings. The fourth-order valence-electron chi connectivity index (χ4n) is 0.987. The highest BCUT2D eigenvalue weighted by molar-refractivity contribution is 5.57. The fraction of sp³-hybridized carbons (Fsp3) is 0.143. The Morgan fingerprint density at radius 3 is 2.21 bits per heavy atom. The molecule has 0 unspecified atom stereocenters. The van der Waals surface area contributed by atoms with Crippen molar-refractivity contribution in [2.24, 2.45) is 0 Å². The third-order valence-corrected chi connectivity index (χ3v) is 1.67. The number of aromatic hydroxyl groups is 1. The second kappa shape index (κ2) is 3.29. The maximum Gasteiger partial charge on any atom is 0.317 e. The highest BCUT2D eigenvalue weighted by atomic mass is 16.9. The predicted octanol–water partition coefficient (Wildman–Crippen LogP) is 1.52. The van der Waals surface area contributed by atoms with E-state index in [9.17, 15) is 25.3 Å². The van der Waals surface area contributed by atoms with E-state index < -0.39 is 27.0 Å². The second-order valence-corrected chi connectivity index (χ2v) is 2.64. The smallest absolute Gasteiger partial charge is 0.317 e. The van der Waals surface area contributed by atoms with Crippen LogP contribution in [0.3, 0.4) is 0 Å². The molecule has 0 atom stereocenters. The Balaban J connectivity index is 3.43. The zero-order chi connectivity index (χ0) is 10.9. The van der Waals surface area contributed by atoms with Crippen LogP contribution in [0.4, 0.5) is 11.4 Å². The van der Waals surface area contributed by atoms with Gasteiger partial charge in [-0.25, -0.2) is 0 Å². The number of aryl methyl sites for hydroxylation is 1. The number of phenols is 1. The molecule has 0 saturated heterocycles. The van der Waals surface area contributed by atoms with Gasteiger partial charge in [0.15, 0.2) is 5.75 Å². The van der Waals surface area contributed by atoms with E-state index in [2.05, 4.69) is 0 Å². The number of benzene rings is 1. The Morgan fingerprint density at radius 1 is 1.21 bits per heavy atom. The van der Waals surface area contributed by atoms with E-state index in [0.717, 1.165) is 12.1 Å². The summed E-state index contributed by atoms with van der Waals surface area (Å²) < 4.78 is 0. The number of rotatable bonds is 2. The third kappa shape index (κ3) is 1.60. The maximum absolute atomic E-state index is 10.4. The molecule has 7 nitrogen and oxygen atoms in total. The molecule has 74 valence electrons. The van der Waals surface area contributed by atoms with Crippen LogP contribution >= 0.6 is 0 Å². The number of hydrogen-bond acceptors (Lipinski definition) is 5. The van der Waals surface area contributed by atoms with Gasteiger partial charge in [-0.2, -0.15) is 0 Å². The normalized spacial score (nSPS) is 9.79. The van der Waals surface area contributed by atoms with Crippen LogP contribution in [-0.4, -0.2) is 15.0 Å². The molecule has 0 spiro atoms. The van der Waals surface area contributed by atoms with Crippen molar-refractivity contribution in [2.45, 2.75) is 6.92 Å². The lowest BCUT2D eigenvalue weighted by Crippen LogP contribution is -1.94. The summed E-state index contributed by atoms with van der Waals surface area (Å²) in [6.45, 7) is 1.36. The molecule has 1 N–H and O–H groups in total. The Bertz CT molecular complexity index is 415. The van der Waals surface area contributed by atoms with E-state index in [1.165, 1.54) is 6.92 Å². The first kappa shape index (κ1) is 9.90. The van der Waals surface area contributed by atoms with Crippen LogP contribution in [0, 0.1) is 27.2 Å². The highest BCUT2D eigenvalue weighted by Crippen LogP contribution is 2.33. The number of phenolic OH excluding ortho intramolecular Hbond substituents is 1. The summed E-state index contributed by atoms with van der Waals surface area (Å²) in [5.74, 6) is -0.541. The zero-order valence-electron chi connectivity index (χ0n) is 7.13. The van der Waals surface area contributed by atoms with Gasteiger partial charge in [0.1, 0.15) is 0 Å². The number of hydrogen-bond donors (Lipinski definition) is 1. The number of non-ortho nitro benzene ring substituents is 1. The molecule has 0 aliphatic rings. The summed E-state index contributed by atoms with van der Waals surface area (Å²) in [7, 11) is 0. The van der Waals surface area contributed by atoms with Crippen LogP contribution in [-0.2, 0) is 0 Å². The van der Waals surface area contributed by atoms with Gasteiger partial charge in [-0.05, 0) is 6.92 Å². The Hall–Kier alpha value is -2.18. The Morgan fingerprint density at radius 2 is 1.79 bits per heavy atom. The average Bonchev–Trinajstić information content (AvgIpc) is 2.08. The summed E-state index contributed by atoms with van der Waals surface area (Å²) in [5.41, 5.74) is -0.963. The third-order valence-electron chi connectivity index (χ3n) is 1.67. The molecule has 0 aliphatic carbocycles. The van der Waals surface area contributed by atoms with Gasteiger partial charge in [0.05, 0.1) is 15.9 Å². The van der Waals surface area contributed by atoms with Crippen molar-refractivity contribution in [3.8, 4) is 5.75 Å². The molecule has 14 heavy (non-hydrogen) atoms. The lowest BCUT2D eigenvalue weighted by Gasteiger charge is -1.99. The lowest BCUT2D eigenvalue weighted by atomic mass is 10.2. The summed E-state index contributed by atoms with van der Waals surface area (Å²) in [4.78, 5) is 19.1. The Labute approximate surface area is 77.9 Å². The van der Waals surface area contributed by atoms with E-state index >= 15 is 0 Å². The standard InChI is InChI=1S/C7H6N2O5/c1-4-2-5(8(11)12)3-6(7(4)10)9(13)14/h2-3,10H,1H3/i8+1,9+1. The van der Waals surface area contributed by atoms with Gasteiger partial charge in [-0.15, -0.1) is 0 Å². The molecular weight excluding hydrogens is 194 g/mol. The first-order chi connectivity index (χ1) is 6.43. The molecule has 0 heterocycles. The van der Waals surface area contributed by atoms with Gasteiger partial charge in [0.2, 0.25) is 0 Å². The molecule has 0 fully saturated rings. The quantitative estimate of drug-likeness (QED) is 0.442. The summed E-state index contributed by atoms with van der Waals surface area (Å²) in [6.07, 6.45) is 0. The van der Waals surface area contributed by atoms with Crippen molar-refractivity contribution in [3.63, 3.8) is 0 Å². The minimum atomic E-state index is -0.866. The maximum atomic E-state index is 10.4. The molecule has 0 aromatic heterocycles. The van der Waals surface area contributed by atoms with Crippen molar-refractivity contribution in [1.82, 2.24) is 0 Å². The minimum Gasteiger partial charge on any atom is -0.502 e. The molecule has 1 rings (SSSR count). The largest absolute Gasteiger partial charge is 0.502 e. The molecule has 0 amide bonds. The molecular formula is C7H6N2O5. The first-order valence-corrected chi connectivity index (χ1v) is 3.56. The second-order valence-electron chi connectivity index (χ2n) is 2.64. The molecule has 0 aliphatic heterocycles. The van der Waals surface area contributed by atoms with Gasteiger partial charge in [-0.1, -0.05) is 0 Å². The van der Waals surface area contributed by atoms with Gasteiger partial charge < -0.3 is 5.11 Å². The fourth-order valence-corrected chi connectivity index (χ4v) is 0.987. The number of nitro groups is 2. The molecule has 0 saturated carbocycles. The van der Waals surface area contributed by atoms with Crippen LogP contribution in [0.5, 0.6) is 5.75 Å². The highest BCUT2D eigenvalue weighted by Gasteiger charge is 2.21.